The number of halogens is 5. The zero-order valence-electron chi connectivity index (χ0n) is 11.1. The third kappa shape index (κ3) is 7.45. The summed E-state index contributed by atoms with van der Waals surface area (Å²) in [5, 5.41) is -0.351. The molecule has 0 aliphatic heterocycles. The van der Waals surface area contributed by atoms with Crippen LogP contribution in [-0.4, -0.2) is 29.4 Å². The number of thioether (sulfide) groups is 1. The Labute approximate surface area is 123 Å². The van der Waals surface area contributed by atoms with E-state index in [0.29, 0.717) is 17.3 Å². The first-order valence-corrected chi connectivity index (χ1v) is 7.31. The van der Waals surface area contributed by atoms with Gasteiger partial charge in [-0.2, -0.15) is 0 Å². The van der Waals surface area contributed by atoms with Crippen molar-refractivity contribution in [1.29, 1.82) is 0 Å². The highest BCUT2D eigenvalue weighted by atomic mass is 32.2. The van der Waals surface area contributed by atoms with Crippen LogP contribution in [0.5, 0.6) is 0 Å². The number of hydrogen-bond donors (Lipinski definition) is 0. The summed E-state index contributed by atoms with van der Waals surface area (Å²) in [5.41, 5.74) is 0.395. The number of alkyl halides is 5. The summed E-state index contributed by atoms with van der Waals surface area (Å²) in [6.45, 7) is 0. The lowest BCUT2D eigenvalue weighted by molar-refractivity contribution is -0.0389. The monoisotopic (exact) mass is 326 g/mol. The molecular formula is C14H15F5OS. The van der Waals surface area contributed by atoms with Gasteiger partial charge in [-0.3, -0.25) is 4.79 Å². The van der Waals surface area contributed by atoms with Crippen molar-refractivity contribution in [3.63, 3.8) is 0 Å². The molecule has 0 radical (unpaired) electrons. The molecule has 0 aliphatic rings. The first kappa shape index (κ1) is 17.9. The summed E-state index contributed by atoms with van der Waals surface area (Å²) in [5.74, 6) is -3.58. The lowest BCUT2D eigenvalue weighted by Crippen LogP contribution is -2.24. The Kier molecular flexibility index (Phi) is 7.14. The van der Waals surface area contributed by atoms with E-state index in [9.17, 15) is 26.7 Å². The quantitative estimate of drug-likeness (QED) is 0.628. The van der Waals surface area contributed by atoms with Gasteiger partial charge in [0.1, 0.15) is 6.17 Å². The Hall–Kier alpha value is -1.11. The van der Waals surface area contributed by atoms with Crippen LogP contribution in [0.1, 0.15) is 29.6 Å². The van der Waals surface area contributed by atoms with Gasteiger partial charge < -0.3 is 0 Å². The molecule has 1 aromatic carbocycles. The largest absolute Gasteiger partial charge is 0.282 e. The van der Waals surface area contributed by atoms with Gasteiger partial charge in [-0.15, -0.1) is 0 Å². The van der Waals surface area contributed by atoms with Gasteiger partial charge >= 0.3 is 0 Å². The number of hydrogen-bond acceptors (Lipinski definition) is 2. The SMILES string of the molecule is O=C(SCCC(F)(F)CC(F)CC(F)F)c1ccccc1. The normalized spacial score (nSPS) is 13.4. The molecule has 0 amide bonds. The molecule has 0 bridgehead atoms. The second-order valence-electron chi connectivity index (χ2n) is 4.54. The van der Waals surface area contributed by atoms with Crippen LogP contribution >= 0.6 is 11.8 Å². The highest BCUT2D eigenvalue weighted by Crippen LogP contribution is 2.30. The number of benzene rings is 1. The van der Waals surface area contributed by atoms with Gasteiger partial charge in [0.05, 0.1) is 0 Å². The molecule has 0 saturated carbocycles. The van der Waals surface area contributed by atoms with E-state index in [2.05, 4.69) is 0 Å². The van der Waals surface area contributed by atoms with E-state index in [1.54, 1.807) is 30.3 Å². The summed E-state index contributed by atoms with van der Waals surface area (Å²) in [6, 6.07) is 8.16. The molecule has 0 heterocycles. The molecule has 0 fully saturated rings. The van der Waals surface area contributed by atoms with Crippen LogP contribution in [-0.2, 0) is 0 Å². The lowest BCUT2D eigenvalue weighted by atomic mass is 10.1. The summed E-state index contributed by atoms with van der Waals surface area (Å²) < 4.78 is 63.4. The Morgan fingerprint density at radius 3 is 2.33 bits per heavy atom. The van der Waals surface area contributed by atoms with E-state index in [1.165, 1.54) is 0 Å². The third-order valence-electron chi connectivity index (χ3n) is 2.66. The number of carbonyl (C=O) groups excluding carboxylic acids is 1. The molecule has 1 unspecified atom stereocenters. The van der Waals surface area contributed by atoms with Crippen LogP contribution in [0, 0.1) is 0 Å². The Balaban J connectivity index is 2.35. The Bertz CT molecular complexity index is 438. The molecular weight excluding hydrogens is 311 g/mol. The van der Waals surface area contributed by atoms with Crippen molar-refractivity contribution < 1.29 is 26.7 Å². The molecule has 0 N–H and O–H groups in total. The second kappa shape index (κ2) is 8.36. The number of carbonyl (C=O) groups is 1. The minimum atomic E-state index is -3.39. The topological polar surface area (TPSA) is 17.1 Å². The van der Waals surface area contributed by atoms with E-state index in [1.807, 2.05) is 0 Å². The average molecular weight is 326 g/mol. The minimum absolute atomic E-state index is 0.192. The zero-order valence-corrected chi connectivity index (χ0v) is 11.9. The molecule has 0 saturated heterocycles. The summed E-state index contributed by atoms with van der Waals surface area (Å²) >= 11 is 0.708. The predicted octanol–water partition coefficient (Wildman–Crippen LogP) is 4.97. The van der Waals surface area contributed by atoms with Crippen molar-refractivity contribution >= 4 is 16.9 Å². The fraction of sp³-hybridized carbons (Fsp3) is 0.500. The zero-order chi connectivity index (χ0) is 15.9. The highest BCUT2D eigenvalue weighted by Gasteiger charge is 2.33. The molecule has 7 heteroatoms. The first-order chi connectivity index (χ1) is 9.80. The minimum Gasteiger partial charge on any atom is -0.282 e. The van der Waals surface area contributed by atoms with Crippen LogP contribution in [0.4, 0.5) is 22.0 Å². The standard InChI is InChI=1S/C14H15F5OS/c15-11(8-12(16)17)9-14(18,19)6-7-21-13(20)10-4-2-1-3-5-10/h1-5,11-12H,6-9H2. The maximum atomic E-state index is 13.4. The van der Waals surface area contributed by atoms with E-state index in [4.69, 9.17) is 0 Å². The highest BCUT2D eigenvalue weighted by molar-refractivity contribution is 8.14. The van der Waals surface area contributed by atoms with Crippen molar-refractivity contribution in [2.45, 2.75) is 37.8 Å². The van der Waals surface area contributed by atoms with E-state index in [-0.39, 0.29) is 10.9 Å². The summed E-state index contributed by atoms with van der Waals surface area (Å²) in [6.07, 6.45) is -8.33. The molecule has 0 aliphatic carbocycles. The Morgan fingerprint density at radius 1 is 1.14 bits per heavy atom. The molecule has 0 spiro atoms. The van der Waals surface area contributed by atoms with Crippen LogP contribution in [0.3, 0.4) is 0 Å². The predicted molar refractivity (Wildman–Crippen MR) is 72.9 cm³/mol. The fourth-order valence-electron chi connectivity index (χ4n) is 1.65. The molecule has 1 nitrogen and oxygen atoms in total. The maximum Gasteiger partial charge on any atom is 0.251 e. The summed E-state index contributed by atoms with van der Waals surface area (Å²) in [7, 11) is 0. The summed E-state index contributed by atoms with van der Waals surface area (Å²) in [4.78, 5) is 11.6. The van der Waals surface area contributed by atoms with Gasteiger partial charge in [0, 0.05) is 30.6 Å². The lowest BCUT2D eigenvalue weighted by Gasteiger charge is -2.18. The van der Waals surface area contributed by atoms with Gasteiger partial charge in [-0.1, -0.05) is 42.1 Å². The van der Waals surface area contributed by atoms with E-state index < -0.39 is 37.8 Å². The van der Waals surface area contributed by atoms with E-state index in [0.717, 1.165) is 0 Å². The third-order valence-corrected chi connectivity index (χ3v) is 3.57. The molecule has 1 rings (SSSR count). The van der Waals surface area contributed by atoms with E-state index >= 15 is 0 Å². The molecule has 21 heavy (non-hydrogen) atoms. The molecule has 1 atom stereocenters. The average Bonchev–Trinajstić information content (AvgIpc) is 2.37. The Morgan fingerprint density at radius 2 is 1.76 bits per heavy atom. The molecule has 0 aromatic heterocycles. The van der Waals surface area contributed by atoms with Crippen LogP contribution in [0.2, 0.25) is 0 Å². The maximum absolute atomic E-state index is 13.4. The van der Waals surface area contributed by atoms with Gasteiger partial charge in [0.2, 0.25) is 11.5 Å². The molecule has 1 aromatic rings. The van der Waals surface area contributed by atoms with Crippen molar-refractivity contribution in [2.75, 3.05) is 5.75 Å². The van der Waals surface area contributed by atoms with Crippen LogP contribution < -0.4 is 0 Å². The van der Waals surface area contributed by atoms with Crippen molar-refractivity contribution in [3.05, 3.63) is 35.9 Å². The van der Waals surface area contributed by atoms with Crippen LogP contribution in [0.15, 0.2) is 30.3 Å². The van der Waals surface area contributed by atoms with Gasteiger partial charge in [0.25, 0.3) is 5.92 Å². The fourth-order valence-corrected chi connectivity index (χ4v) is 2.54. The smallest absolute Gasteiger partial charge is 0.251 e. The van der Waals surface area contributed by atoms with Crippen molar-refractivity contribution in [1.82, 2.24) is 0 Å². The van der Waals surface area contributed by atoms with Crippen molar-refractivity contribution in [3.8, 4) is 0 Å². The van der Waals surface area contributed by atoms with Gasteiger partial charge in [-0.25, -0.2) is 22.0 Å². The van der Waals surface area contributed by atoms with Crippen LogP contribution in [0.25, 0.3) is 0 Å². The molecule has 118 valence electrons. The second-order valence-corrected chi connectivity index (χ2v) is 5.60. The number of rotatable bonds is 8. The first-order valence-electron chi connectivity index (χ1n) is 6.32. The van der Waals surface area contributed by atoms with Gasteiger partial charge in [-0.05, 0) is 0 Å². The van der Waals surface area contributed by atoms with Crippen molar-refractivity contribution in [2.24, 2.45) is 0 Å². The van der Waals surface area contributed by atoms with Gasteiger partial charge in [0.15, 0.2) is 0 Å².